The summed E-state index contributed by atoms with van der Waals surface area (Å²) in [5, 5.41) is 8.30. The lowest BCUT2D eigenvalue weighted by atomic mass is 10.1. The standard InChI is InChI=1S/C23H22N6O3S2/c1-15-18(21(31)28-10-12-32-13-11-28)20(34-19(15)16-6-3-2-4-7-16)25-17(30)14-33-23-26-22-24-8-5-9-29(22)27-23/h2-9H,10-14H2,1H3,(H,25,30). The lowest BCUT2D eigenvalue weighted by molar-refractivity contribution is -0.113. The molecule has 1 N–H and O–H groups in total. The van der Waals surface area contributed by atoms with Gasteiger partial charge in [0, 0.05) is 30.4 Å². The number of fused-ring (bicyclic) bond motifs is 1. The average molecular weight is 495 g/mol. The van der Waals surface area contributed by atoms with Gasteiger partial charge in [0.1, 0.15) is 5.00 Å². The summed E-state index contributed by atoms with van der Waals surface area (Å²) in [5.74, 6) is 0.272. The maximum atomic E-state index is 13.4. The summed E-state index contributed by atoms with van der Waals surface area (Å²) in [4.78, 5) is 37.5. The van der Waals surface area contributed by atoms with E-state index in [0.717, 1.165) is 16.0 Å². The number of benzene rings is 1. The van der Waals surface area contributed by atoms with Crippen molar-refractivity contribution in [3.05, 3.63) is 59.9 Å². The van der Waals surface area contributed by atoms with Gasteiger partial charge in [0.15, 0.2) is 0 Å². The monoisotopic (exact) mass is 494 g/mol. The number of nitrogens with zero attached hydrogens (tertiary/aromatic N) is 5. The van der Waals surface area contributed by atoms with Crippen molar-refractivity contribution in [2.45, 2.75) is 12.1 Å². The Balaban J connectivity index is 1.38. The number of hydrogen-bond donors (Lipinski definition) is 1. The lowest BCUT2D eigenvalue weighted by Crippen LogP contribution is -2.41. The Hall–Kier alpha value is -3.28. The van der Waals surface area contributed by atoms with Crippen molar-refractivity contribution in [3.63, 3.8) is 0 Å². The lowest BCUT2D eigenvalue weighted by Gasteiger charge is -2.27. The normalized spacial score (nSPS) is 13.9. The third-order valence-electron chi connectivity index (χ3n) is 5.38. The molecule has 174 valence electrons. The zero-order valence-corrected chi connectivity index (χ0v) is 20.1. The van der Waals surface area contributed by atoms with Gasteiger partial charge in [-0.25, -0.2) is 9.50 Å². The molecule has 5 rings (SSSR count). The minimum atomic E-state index is -0.228. The van der Waals surface area contributed by atoms with Crippen molar-refractivity contribution >= 4 is 45.7 Å². The van der Waals surface area contributed by atoms with Crippen LogP contribution in [0.5, 0.6) is 0 Å². The highest BCUT2D eigenvalue weighted by atomic mass is 32.2. The van der Waals surface area contributed by atoms with Crippen LogP contribution >= 0.6 is 23.1 Å². The molecule has 0 unspecified atom stereocenters. The van der Waals surface area contributed by atoms with E-state index in [1.54, 1.807) is 27.9 Å². The van der Waals surface area contributed by atoms with Crippen LogP contribution in [-0.4, -0.2) is 68.4 Å². The van der Waals surface area contributed by atoms with E-state index in [4.69, 9.17) is 4.74 Å². The van der Waals surface area contributed by atoms with Gasteiger partial charge < -0.3 is 15.0 Å². The van der Waals surface area contributed by atoms with E-state index in [0.29, 0.717) is 47.8 Å². The first-order valence-corrected chi connectivity index (χ1v) is 12.6. The molecule has 34 heavy (non-hydrogen) atoms. The Labute approximate surface area is 204 Å². The van der Waals surface area contributed by atoms with E-state index in [9.17, 15) is 9.59 Å². The smallest absolute Gasteiger partial charge is 0.257 e. The summed E-state index contributed by atoms with van der Waals surface area (Å²) in [6.07, 6.45) is 3.39. The molecule has 0 atom stereocenters. The van der Waals surface area contributed by atoms with Crippen LogP contribution in [0, 0.1) is 6.92 Å². The summed E-state index contributed by atoms with van der Waals surface area (Å²) in [7, 11) is 0. The van der Waals surface area contributed by atoms with Crippen molar-refractivity contribution in [1.29, 1.82) is 0 Å². The third kappa shape index (κ3) is 4.67. The molecule has 2 amide bonds. The van der Waals surface area contributed by atoms with Crippen molar-refractivity contribution in [1.82, 2.24) is 24.5 Å². The molecular formula is C23H22N6O3S2. The molecular weight excluding hydrogens is 472 g/mol. The van der Waals surface area contributed by atoms with E-state index in [-0.39, 0.29) is 17.6 Å². The van der Waals surface area contributed by atoms with Crippen LogP contribution in [0.3, 0.4) is 0 Å². The number of hydrogen-bond acceptors (Lipinski definition) is 8. The molecule has 1 fully saturated rings. The van der Waals surface area contributed by atoms with Gasteiger partial charge in [0.05, 0.1) is 24.5 Å². The first-order chi connectivity index (χ1) is 16.6. The number of nitrogens with one attached hydrogen (secondary N) is 1. The average Bonchev–Trinajstić information content (AvgIpc) is 3.43. The molecule has 1 saturated heterocycles. The molecule has 0 aliphatic carbocycles. The number of thiophene rings is 1. The van der Waals surface area contributed by atoms with Gasteiger partial charge in [-0.05, 0) is 24.1 Å². The Bertz CT molecular complexity index is 1300. The predicted octanol–water partition coefficient (Wildman–Crippen LogP) is 3.36. The molecule has 0 saturated carbocycles. The highest BCUT2D eigenvalue weighted by molar-refractivity contribution is 7.99. The van der Waals surface area contributed by atoms with Crippen LogP contribution in [0.25, 0.3) is 16.2 Å². The first kappa shape index (κ1) is 22.5. The number of carbonyl (C=O) groups is 2. The maximum Gasteiger partial charge on any atom is 0.257 e. The van der Waals surface area contributed by atoms with Gasteiger partial charge in [-0.2, -0.15) is 4.98 Å². The van der Waals surface area contributed by atoms with E-state index in [2.05, 4.69) is 20.4 Å². The molecule has 0 radical (unpaired) electrons. The van der Waals surface area contributed by atoms with Crippen molar-refractivity contribution < 1.29 is 14.3 Å². The highest BCUT2D eigenvalue weighted by Gasteiger charge is 2.28. The molecule has 0 spiro atoms. The van der Waals surface area contributed by atoms with Crippen LogP contribution in [0.4, 0.5) is 5.00 Å². The SMILES string of the molecule is Cc1c(-c2ccccc2)sc(NC(=O)CSc2nc3ncccn3n2)c1C(=O)N1CCOCC1. The van der Waals surface area contributed by atoms with Crippen LogP contribution in [-0.2, 0) is 9.53 Å². The van der Waals surface area contributed by atoms with Gasteiger partial charge in [0.25, 0.3) is 11.7 Å². The third-order valence-corrected chi connectivity index (χ3v) is 7.47. The summed E-state index contributed by atoms with van der Waals surface area (Å²) in [6.45, 7) is 4.03. The minimum absolute atomic E-state index is 0.0877. The number of anilines is 1. The summed E-state index contributed by atoms with van der Waals surface area (Å²) in [6, 6.07) is 11.7. The second kappa shape index (κ2) is 9.92. The fourth-order valence-electron chi connectivity index (χ4n) is 3.72. The predicted molar refractivity (Wildman–Crippen MR) is 131 cm³/mol. The van der Waals surface area contributed by atoms with Crippen molar-refractivity contribution in [2.24, 2.45) is 0 Å². The number of ether oxygens (including phenoxy) is 1. The molecule has 0 bridgehead atoms. The van der Waals surface area contributed by atoms with E-state index in [1.165, 1.54) is 23.1 Å². The largest absolute Gasteiger partial charge is 0.378 e. The number of rotatable bonds is 6. The first-order valence-electron chi connectivity index (χ1n) is 10.8. The maximum absolute atomic E-state index is 13.4. The Morgan fingerprint density at radius 1 is 1.18 bits per heavy atom. The molecule has 11 heteroatoms. The summed E-state index contributed by atoms with van der Waals surface area (Å²) >= 11 is 2.64. The second-order valence-corrected chi connectivity index (χ2v) is 9.59. The zero-order valence-electron chi connectivity index (χ0n) is 18.4. The van der Waals surface area contributed by atoms with Gasteiger partial charge in [-0.3, -0.25) is 9.59 Å². The number of thioether (sulfide) groups is 1. The second-order valence-electron chi connectivity index (χ2n) is 7.63. The van der Waals surface area contributed by atoms with Crippen LogP contribution in [0.2, 0.25) is 0 Å². The fourth-order valence-corrected chi connectivity index (χ4v) is 5.56. The molecule has 9 nitrogen and oxygen atoms in total. The molecule has 3 aromatic heterocycles. The number of carbonyl (C=O) groups excluding carboxylic acids is 2. The van der Waals surface area contributed by atoms with Gasteiger partial charge in [0.2, 0.25) is 11.1 Å². The van der Waals surface area contributed by atoms with Gasteiger partial charge in [-0.15, -0.1) is 16.4 Å². The van der Waals surface area contributed by atoms with Crippen molar-refractivity contribution in [3.8, 4) is 10.4 Å². The van der Waals surface area contributed by atoms with Crippen molar-refractivity contribution in [2.75, 3.05) is 37.4 Å². The van der Waals surface area contributed by atoms with Crippen LogP contribution < -0.4 is 5.32 Å². The molecule has 4 heterocycles. The molecule has 1 aromatic carbocycles. The van der Waals surface area contributed by atoms with Gasteiger partial charge in [-0.1, -0.05) is 42.1 Å². The van der Waals surface area contributed by atoms with Gasteiger partial charge >= 0.3 is 0 Å². The zero-order chi connectivity index (χ0) is 23.5. The Kier molecular flexibility index (Phi) is 6.57. The van der Waals surface area contributed by atoms with E-state index < -0.39 is 0 Å². The van der Waals surface area contributed by atoms with Crippen LogP contribution in [0.1, 0.15) is 15.9 Å². The molecule has 4 aromatic rings. The minimum Gasteiger partial charge on any atom is -0.378 e. The highest BCUT2D eigenvalue weighted by Crippen LogP contribution is 2.40. The topological polar surface area (TPSA) is 102 Å². The van der Waals surface area contributed by atoms with E-state index in [1.807, 2.05) is 37.3 Å². The molecule has 1 aliphatic rings. The fraction of sp³-hybridized carbons (Fsp3) is 0.261. The summed E-state index contributed by atoms with van der Waals surface area (Å²) in [5.41, 5.74) is 2.42. The van der Waals surface area contributed by atoms with Crippen LogP contribution in [0.15, 0.2) is 53.9 Å². The Morgan fingerprint density at radius 3 is 2.74 bits per heavy atom. The number of morpholine rings is 1. The number of aromatic nitrogens is 4. The quantitative estimate of drug-likeness (QED) is 0.410. The number of amides is 2. The molecule has 1 aliphatic heterocycles. The Morgan fingerprint density at radius 2 is 1.97 bits per heavy atom. The summed E-state index contributed by atoms with van der Waals surface area (Å²) < 4.78 is 6.96. The van der Waals surface area contributed by atoms with E-state index >= 15 is 0 Å².